The third-order valence-corrected chi connectivity index (χ3v) is 4.21. The molecule has 116 valence electrons. The zero-order chi connectivity index (χ0) is 15.4. The predicted molar refractivity (Wildman–Crippen MR) is 81.6 cm³/mol. The van der Waals surface area contributed by atoms with Crippen molar-refractivity contribution in [2.75, 3.05) is 13.6 Å². The fourth-order valence-corrected chi connectivity index (χ4v) is 3.04. The Morgan fingerprint density at radius 2 is 1.76 bits per heavy atom. The number of phenols is 2. The number of phenolic OH excluding ortho intramolecular Hbond substituents is 2. The smallest absolute Gasteiger partial charge is 0.254 e. The standard InChI is InChI=1S/C16H24N2O3/c1-3-17-12-4-6-13(7-5-12)18(2)16(21)11-8-14(19)10-15(20)9-11/h8-10,12-13,17,19-20H,3-7H2,1-2H3. The zero-order valence-corrected chi connectivity index (χ0v) is 12.7. The Balaban J connectivity index is 2.00. The molecule has 0 spiro atoms. The van der Waals surface area contributed by atoms with Gasteiger partial charge in [0.05, 0.1) is 0 Å². The molecule has 5 nitrogen and oxygen atoms in total. The summed E-state index contributed by atoms with van der Waals surface area (Å²) >= 11 is 0. The Kier molecular flexibility index (Phi) is 5.07. The fraction of sp³-hybridized carbons (Fsp3) is 0.562. The van der Waals surface area contributed by atoms with Crippen molar-refractivity contribution in [1.29, 1.82) is 0 Å². The van der Waals surface area contributed by atoms with Gasteiger partial charge in [-0.15, -0.1) is 0 Å². The number of aromatic hydroxyl groups is 2. The van der Waals surface area contributed by atoms with E-state index in [1.54, 1.807) is 11.9 Å². The van der Waals surface area contributed by atoms with E-state index in [9.17, 15) is 15.0 Å². The number of benzene rings is 1. The third-order valence-electron chi connectivity index (χ3n) is 4.21. The second-order valence-electron chi connectivity index (χ2n) is 5.72. The van der Waals surface area contributed by atoms with Gasteiger partial charge in [-0.3, -0.25) is 4.79 Å². The van der Waals surface area contributed by atoms with E-state index < -0.39 is 0 Å². The summed E-state index contributed by atoms with van der Waals surface area (Å²) in [5, 5.41) is 22.4. The molecule has 2 rings (SSSR count). The molecule has 0 saturated heterocycles. The number of rotatable bonds is 4. The van der Waals surface area contributed by atoms with Gasteiger partial charge in [0, 0.05) is 30.8 Å². The fourth-order valence-electron chi connectivity index (χ4n) is 3.04. The lowest BCUT2D eigenvalue weighted by atomic mass is 9.90. The summed E-state index contributed by atoms with van der Waals surface area (Å²) in [5.74, 6) is -0.349. The molecule has 1 fully saturated rings. The van der Waals surface area contributed by atoms with Crippen LogP contribution < -0.4 is 5.32 Å². The topological polar surface area (TPSA) is 72.8 Å². The lowest BCUT2D eigenvalue weighted by molar-refractivity contribution is 0.0684. The first kappa shape index (κ1) is 15.6. The van der Waals surface area contributed by atoms with Crippen LogP contribution in [0.4, 0.5) is 0 Å². The van der Waals surface area contributed by atoms with Crippen molar-refractivity contribution < 1.29 is 15.0 Å². The molecular weight excluding hydrogens is 268 g/mol. The van der Waals surface area contributed by atoms with E-state index in [1.165, 1.54) is 18.2 Å². The minimum atomic E-state index is -0.159. The van der Waals surface area contributed by atoms with Crippen LogP contribution >= 0.6 is 0 Å². The number of hydrogen-bond acceptors (Lipinski definition) is 4. The second-order valence-corrected chi connectivity index (χ2v) is 5.72. The number of nitrogens with zero attached hydrogens (tertiary/aromatic N) is 1. The summed E-state index contributed by atoms with van der Waals surface area (Å²) in [6.45, 7) is 3.09. The van der Waals surface area contributed by atoms with E-state index in [0.717, 1.165) is 32.2 Å². The molecule has 21 heavy (non-hydrogen) atoms. The van der Waals surface area contributed by atoms with Gasteiger partial charge in [-0.05, 0) is 44.4 Å². The lowest BCUT2D eigenvalue weighted by Gasteiger charge is -2.35. The van der Waals surface area contributed by atoms with Crippen LogP contribution in [0.25, 0.3) is 0 Å². The first-order chi connectivity index (χ1) is 10.0. The number of hydrogen-bond donors (Lipinski definition) is 3. The Labute approximate surface area is 125 Å². The molecule has 0 aliphatic heterocycles. The van der Waals surface area contributed by atoms with Crippen LogP contribution in [0.5, 0.6) is 11.5 Å². The number of amides is 1. The van der Waals surface area contributed by atoms with Crippen molar-refractivity contribution in [3.8, 4) is 11.5 Å². The van der Waals surface area contributed by atoms with Crippen molar-refractivity contribution in [3.05, 3.63) is 23.8 Å². The number of carbonyl (C=O) groups excluding carboxylic acids is 1. The van der Waals surface area contributed by atoms with Crippen LogP contribution in [0.3, 0.4) is 0 Å². The van der Waals surface area contributed by atoms with E-state index in [4.69, 9.17) is 0 Å². The molecule has 0 aromatic heterocycles. The molecule has 1 amide bonds. The van der Waals surface area contributed by atoms with Crippen molar-refractivity contribution in [2.45, 2.75) is 44.7 Å². The molecular formula is C16H24N2O3. The van der Waals surface area contributed by atoms with Gasteiger partial charge in [-0.1, -0.05) is 6.92 Å². The Morgan fingerprint density at radius 3 is 2.29 bits per heavy atom. The predicted octanol–water partition coefficient (Wildman–Crippen LogP) is 2.09. The molecule has 0 heterocycles. The van der Waals surface area contributed by atoms with Crippen LogP contribution in [0.15, 0.2) is 18.2 Å². The van der Waals surface area contributed by atoms with Crippen LogP contribution in [0.1, 0.15) is 43.0 Å². The van der Waals surface area contributed by atoms with Gasteiger partial charge in [-0.2, -0.15) is 0 Å². The summed E-state index contributed by atoms with van der Waals surface area (Å²) in [4.78, 5) is 14.2. The molecule has 1 aromatic carbocycles. The molecule has 0 atom stereocenters. The molecule has 1 aliphatic carbocycles. The van der Waals surface area contributed by atoms with Gasteiger partial charge in [0.1, 0.15) is 11.5 Å². The Morgan fingerprint density at radius 1 is 1.19 bits per heavy atom. The van der Waals surface area contributed by atoms with Gasteiger partial charge < -0.3 is 20.4 Å². The zero-order valence-electron chi connectivity index (χ0n) is 12.7. The third kappa shape index (κ3) is 3.88. The summed E-state index contributed by atoms with van der Waals surface area (Å²) in [7, 11) is 1.79. The van der Waals surface area contributed by atoms with Gasteiger partial charge in [0.15, 0.2) is 0 Å². The molecule has 1 aromatic rings. The summed E-state index contributed by atoms with van der Waals surface area (Å²) < 4.78 is 0. The first-order valence-electron chi connectivity index (χ1n) is 7.54. The number of carbonyl (C=O) groups is 1. The van der Waals surface area contributed by atoms with E-state index in [2.05, 4.69) is 12.2 Å². The maximum absolute atomic E-state index is 12.4. The average molecular weight is 292 g/mol. The highest BCUT2D eigenvalue weighted by atomic mass is 16.3. The largest absolute Gasteiger partial charge is 0.508 e. The Hall–Kier alpha value is -1.75. The molecule has 3 N–H and O–H groups in total. The first-order valence-corrected chi connectivity index (χ1v) is 7.54. The maximum atomic E-state index is 12.4. The van der Waals surface area contributed by atoms with E-state index in [0.29, 0.717) is 11.6 Å². The normalized spacial score (nSPS) is 22.0. The minimum Gasteiger partial charge on any atom is -0.508 e. The van der Waals surface area contributed by atoms with Crippen molar-refractivity contribution in [2.24, 2.45) is 0 Å². The summed E-state index contributed by atoms with van der Waals surface area (Å²) in [6, 6.07) is 4.78. The molecule has 0 unspecified atom stereocenters. The average Bonchev–Trinajstić information content (AvgIpc) is 2.46. The Bertz CT molecular complexity index is 476. The van der Waals surface area contributed by atoms with E-state index >= 15 is 0 Å². The van der Waals surface area contributed by atoms with Gasteiger partial charge in [0.2, 0.25) is 0 Å². The lowest BCUT2D eigenvalue weighted by Crippen LogP contribution is -2.43. The van der Waals surface area contributed by atoms with Crippen molar-refractivity contribution in [1.82, 2.24) is 10.2 Å². The van der Waals surface area contributed by atoms with Crippen LogP contribution in [0, 0.1) is 0 Å². The highest BCUT2D eigenvalue weighted by Crippen LogP contribution is 2.26. The van der Waals surface area contributed by atoms with Crippen LogP contribution in [-0.2, 0) is 0 Å². The van der Waals surface area contributed by atoms with Gasteiger partial charge in [-0.25, -0.2) is 0 Å². The van der Waals surface area contributed by atoms with Gasteiger partial charge >= 0.3 is 0 Å². The van der Waals surface area contributed by atoms with Gasteiger partial charge in [0.25, 0.3) is 5.91 Å². The molecule has 1 aliphatic rings. The van der Waals surface area contributed by atoms with Crippen LogP contribution in [0.2, 0.25) is 0 Å². The summed E-state index contributed by atoms with van der Waals surface area (Å²) in [6.07, 6.45) is 4.10. The minimum absolute atomic E-state index is 0.0948. The monoisotopic (exact) mass is 292 g/mol. The van der Waals surface area contributed by atoms with Crippen molar-refractivity contribution in [3.63, 3.8) is 0 Å². The molecule has 5 heteroatoms. The number of nitrogens with one attached hydrogen (secondary N) is 1. The van der Waals surface area contributed by atoms with E-state index in [1.807, 2.05) is 0 Å². The maximum Gasteiger partial charge on any atom is 0.254 e. The quantitative estimate of drug-likeness (QED) is 0.794. The van der Waals surface area contributed by atoms with Crippen molar-refractivity contribution >= 4 is 5.91 Å². The SMILES string of the molecule is CCNC1CCC(N(C)C(=O)c2cc(O)cc(O)c2)CC1. The van der Waals surface area contributed by atoms with Crippen LogP contribution in [-0.4, -0.2) is 46.7 Å². The molecule has 0 bridgehead atoms. The van der Waals surface area contributed by atoms with E-state index in [-0.39, 0.29) is 23.4 Å². The molecule has 1 saturated carbocycles. The highest BCUT2D eigenvalue weighted by Gasteiger charge is 2.27. The summed E-state index contributed by atoms with van der Waals surface area (Å²) in [5.41, 5.74) is 0.323. The molecule has 0 radical (unpaired) electrons. The second kappa shape index (κ2) is 6.80. The highest BCUT2D eigenvalue weighted by molar-refractivity contribution is 5.95.